The summed E-state index contributed by atoms with van der Waals surface area (Å²) < 4.78 is 32.5. The number of nitrogens with two attached hydrogens (primary N) is 1. The van der Waals surface area contributed by atoms with Gasteiger partial charge in [0.05, 0.1) is 27.0 Å². The van der Waals surface area contributed by atoms with E-state index in [0.717, 1.165) is 0 Å². The van der Waals surface area contributed by atoms with Gasteiger partial charge in [-0.3, -0.25) is 19.8 Å². The van der Waals surface area contributed by atoms with Crippen molar-refractivity contribution in [1.29, 1.82) is 5.26 Å². The van der Waals surface area contributed by atoms with Crippen LogP contribution in [0, 0.1) is 24.1 Å². The molecule has 2 aromatic rings. The van der Waals surface area contributed by atoms with Gasteiger partial charge < -0.3 is 5.73 Å². The highest BCUT2D eigenvalue weighted by molar-refractivity contribution is 7.96. The summed E-state index contributed by atoms with van der Waals surface area (Å²) >= 11 is 0. The fourth-order valence-electron chi connectivity index (χ4n) is 4.59. The fraction of sp³-hybridized carbons (Fsp3) is 0.435. The maximum Gasteiger partial charge on any atom is 0.187 e. The van der Waals surface area contributed by atoms with Gasteiger partial charge >= 0.3 is 0 Å². The van der Waals surface area contributed by atoms with Gasteiger partial charge in [-0.25, -0.2) is 13.0 Å². The average Bonchev–Trinajstić information content (AvgIpc) is 3.18. The van der Waals surface area contributed by atoms with Gasteiger partial charge in [0.1, 0.15) is 39.4 Å². The van der Waals surface area contributed by atoms with Crippen molar-refractivity contribution in [3.8, 4) is 6.07 Å². The second kappa shape index (κ2) is 7.70. The van der Waals surface area contributed by atoms with E-state index in [1.807, 2.05) is 6.07 Å². The lowest BCUT2D eigenvalue weighted by molar-refractivity contribution is 0.0986. The minimum Gasteiger partial charge on any atom is -0.386 e. The molecule has 2 aromatic heterocycles. The summed E-state index contributed by atoms with van der Waals surface area (Å²) in [4.78, 5) is 26.1. The zero-order chi connectivity index (χ0) is 24.2. The van der Waals surface area contributed by atoms with E-state index in [9.17, 15) is 9.00 Å². The largest absolute Gasteiger partial charge is 0.386 e. The Kier molecular flexibility index (Phi) is 5.36. The number of aryl methyl sites for hydroxylation is 1. The SMILES string of the molecule is Cc1cc(C#N)cnc1C(=O)Cc1ccc(F)c([C@@]2(C)N=C(N)C(C)(C)[S@@]3(=O)=NCC[C@@H]23)n1. The van der Waals surface area contributed by atoms with Crippen LogP contribution in [0.5, 0.6) is 0 Å². The molecule has 0 aliphatic carbocycles. The molecule has 4 rings (SSSR count). The molecule has 0 saturated heterocycles. The topological polar surface area (TPSA) is 134 Å². The molecule has 10 heteroatoms. The van der Waals surface area contributed by atoms with Crippen LogP contribution in [0.3, 0.4) is 0 Å². The van der Waals surface area contributed by atoms with Crippen molar-refractivity contribution < 1.29 is 13.4 Å². The summed E-state index contributed by atoms with van der Waals surface area (Å²) in [5, 5.41) is 8.45. The molecule has 0 aromatic carbocycles. The molecule has 8 nitrogen and oxygen atoms in total. The monoisotopic (exact) mass is 468 g/mol. The van der Waals surface area contributed by atoms with Gasteiger partial charge in [-0.1, -0.05) is 0 Å². The summed E-state index contributed by atoms with van der Waals surface area (Å²) in [7, 11) is -2.83. The third kappa shape index (κ3) is 3.42. The Morgan fingerprint density at radius 2 is 2.09 bits per heavy atom. The Balaban J connectivity index is 1.75. The quantitative estimate of drug-likeness (QED) is 0.686. The number of aromatic nitrogens is 2. The Labute approximate surface area is 192 Å². The fourth-order valence-corrected chi connectivity index (χ4v) is 7.74. The number of Topliss-reactive ketones (excluding diaryl/α,β-unsaturated/α-hetero) is 1. The Hall–Kier alpha value is -3.19. The van der Waals surface area contributed by atoms with Gasteiger partial charge in [0.15, 0.2) is 5.78 Å². The maximum absolute atomic E-state index is 15.1. The van der Waals surface area contributed by atoms with Crippen molar-refractivity contribution >= 4 is 21.3 Å². The van der Waals surface area contributed by atoms with Gasteiger partial charge in [0, 0.05) is 18.4 Å². The average molecular weight is 469 g/mol. The predicted octanol–water partition coefficient (Wildman–Crippen LogP) is 2.83. The summed E-state index contributed by atoms with van der Waals surface area (Å²) in [6.07, 6.45) is 1.71. The molecular formula is C23H25FN6O2S. The summed E-state index contributed by atoms with van der Waals surface area (Å²) in [6.45, 7) is 7.27. The highest BCUT2D eigenvalue weighted by Gasteiger charge is 2.57. The van der Waals surface area contributed by atoms with Crippen LogP contribution in [0.4, 0.5) is 4.39 Å². The van der Waals surface area contributed by atoms with E-state index in [1.54, 1.807) is 33.8 Å². The third-order valence-corrected chi connectivity index (χ3v) is 10.3. The molecule has 172 valence electrons. The van der Waals surface area contributed by atoms with E-state index >= 15 is 4.39 Å². The first-order chi connectivity index (χ1) is 15.4. The first-order valence-corrected chi connectivity index (χ1v) is 12.1. The van der Waals surface area contributed by atoms with E-state index in [4.69, 9.17) is 11.0 Å². The van der Waals surface area contributed by atoms with Crippen LogP contribution in [0.15, 0.2) is 33.8 Å². The number of rotatable bonds is 4. The van der Waals surface area contributed by atoms with Crippen LogP contribution in [0.1, 0.15) is 60.2 Å². The van der Waals surface area contributed by atoms with Crippen LogP contribution < -0.4 is 5.73 Å². The summed E-state index contributed by atoms with van der Waals surface area (Å²) in [6, 6.07) is 6.26. The van der Waals surface area contributed by atoms with Gasteiger partial charge in [-0.2, -0.15) is 5.26 Å². The van der Waals surface area contributed by atoms with Crippen molar-refractivity contribution in [3.05, 3.63) is 58.4 Å². The second-order valence-corrected chi connectivity index (χ2v) is 12.1. The minimum absolute atomic E-state index is 0.00517. The number of nitrogens with zero attached hydrogens (tertiary/aromatic N) is 5. The lowest BCUT2D eigenvalue weighted by Gasteiger charge is -2.44. The molecule has 0 fully saturated rings. The van der Waals surface area contributed by atoms with Crippen molar-refractivity contribution in [2.75, 3.05) is 6.54 Å². The number of pyridine rings is 2. The lowest BCUT2D eigenvalue weighted by atomic mass is 9.89. The van der Waals surface area contributed by atoms with Gasteiger partial charge in [-0.05, 0) is 57.9 Å². The van der Waals surface area contributed by atoms with Gasteiger partial charge in [0.25, 0.3) is 0 Å². The Bertz CT molecular complexity index is 1370. The number of hydrogen-bond donors (Lipinski definition) is 1. The number of aliphatic imine (C=N–C) groups is 1. The number of carbonyl (C=O) groups is 1. The second-order valence-electron chi connectivity index (χ2n) is 9.09. The van der Waals surface area contributed by atoms with Crippen LogP contribution in [-0.2, 0) is 21.7 Å². The number of fused-ring (bicyclic) bond motifs is 1. The minimum atomic E-state index is -2.83. The number of hydrogen-bond acceptors (Lipinski definition) is 8. The molecule has 0 amide bonds. The predicted molar refractivity (Wildman–Crippen MR) is 123 cm³/mol. The van der Waals surface area contributed by atoms with E-state index in [2.05, 4.69) is 19.3 Å². The molecule has 0 bridgehead atoms. The molecule has 2 aliphatic rings. The van der Waals surface area contributed by atoms with Crippen molar-refractivity contribution in [2.45, 2.75) is 56.1 Å². The highest BCUT2D eigenvalue weighted by atomic mass is 32.2. The van der Waals surface area contributed by atoms with E-state index in [1.165, 1.54) is 18.3 Å². The summed E-state index contributed by atoms with van der Waals surface area (Å²) in [5.41, 5.74) is 6.46. The lowest BCUT2D eigenvalue weighted by Crippen LogP contribution is -2.58. The molecule has 0 saturated carbocycles. The number of halogens is 1. The Morgan fingerprint density at radius 1 is 1.36 bits per heavy atom. The van der Waals surface area contributed by atoms with Crippen molar-refractivity contribution in [3.63, 3.8) is 0 Å². The zero-order valence-corrected chi connectivity index (χ0v) is 19.7. The molecule has 4 heterocycles. The van der Waals surface area contributed by atoms with E-state index in [-0.39, 0.29) is 29.4 Å². The van der Waals surface area contributed by atoms with Crippen LogP contribution in [-0.4, -0.2) is 42.3 Å². The number of nitriles is 1. The molecule has 2 N–H and O–H groups in total. The van der Waals surface area contributed by atoms with E-state index < -0.39 is 31.1 Å². The molecule has 33 heavy (non-hydrogen) atoms. The van der Waals surface area contributed by atoms with Crippen LogP contribution in [0.2, 0.25) is 0 Å². The molecule has 3 atom stereocenters. The number of ketones is 1. The van der Waals surface area contributed by atoms with Crippen LogP contribution >= 0.6 is 0 Å². The molecule has 0 radical (unpaired) electrons. The smallest absolute Gasteiger partial charge is 0.187 e. The highest BCUT2D eigenvalue weighted by Crippen LogP contribution is 2.47. The summed E-state index contributed by atoms with van der Waals surface area (Å²) in [5.74, 6) is -0.761. The van der Waals surface area contributed by atoms with E-state index in [0.29, 0.717) is 29.8 Å². The van der Waals surface area contributed by atoms with Crippen LogP contribution in [0.25, 0.3) is 0 Å². The first kappa shape index (κ1) is 23.0. The van der Waals surface area contributed by atoms with Gasteiger partial charge in [-0.15, -0.1) is 0 Å². The normalized spacial score (nSPS) is 27.8. The third-order valence-electron chi connectivity index (χ3n) is 6.58. The number of carbonyl (C=O) groups excluding carboxylic acids is 1. The zero-order valence-electron chi connectivity index (χ0n) is 18.9. The number of amidine groups is 1. The standard InChI is InChI=1S/C23H25FN6O2S/c1-13-9-14(11-25)12-27-19(13)17(31)10-15-5-6-16(24)20(29-15)23(4)18-7-8-28-33(18,32)22(2,3)21(26)30-23/h5-6,9,12,18H,7-8,10H2,1-4H3,(H2,26,30)/t18-,23-,33+/m0/s1. The van der Waals surface area contributed by atoms with Crippen molar-refractivity contribution in [2.24, 2.45) is 15.1 Å². The van der Waals surface area contributed by atoms with Crippen molar-refractivity contribution in [1.82, 2.24) is 9.97 Å². The molecule has 0 spiro atoms. The Morgan fingerprint density at radius 3 is 2.76 bits per heavy atom. The first-order valence-electron chi connectivity index (χ1n) is 10.6. The van der Waals surface area contributed by atoms with Gasteiger partial charge in [0.2, 0.25) is 0 Å². The molecular weight excluding hydrogens is 443 g/mol. The molecule has 0 unspecified atom stereocenters. The maximum atomic E-state index is 15.1. The molecule has 2 aliphatic heterocycles.